The van der Waals surface area contributed by atoms with Crippen LogP contribution in [0.4, 0.5) is 10.5 Å². The van der Waals surface area contributed by atoms with Crippen molar-refractivity contribution in [3.8, 4) is 5.75 Å². The molecule has 2 amide bonds. The third-order valence-electron chi connectivity index (χ3n) is 3.06. The second kappa shape index (κ2) is 6.61. The highest BCUT2D eigenvalue weighted by Crippen LogP contribution is 2.25. The second-order valence-corrected chi connectivity index (χ2v) is 5.92. The topological polar surface area (TPSA) is 70.6 Å². The van der Waals surface area contributed by atoms with E-state index in [1.807, 2.05) is 39.8 Å². The second-order valence-electron chi connectivity index (χ2n) is 5.92. The number of methoxy groups -OCH3 is 1. The van der Waals surface area contributed by atoms with Crippen molar-refractivity contribution in [1.82, 2.24) is 5.32 Å². The van der Waals surface area contributed by atoms with E-state index in [-0.39, 0.29) is 18.0 Å². The highest BCUT2D eigenvalue weighted by atomic mass is 16.5. The Kier molecular flexibility index (Phi) is 5.39. The number of aliphatic hydroxyl groups is 1. The first-order valence-electron chi connectivity index (χ1n) is 6.61. The van der Waals surface area contributed by atoms with Gasteiger partial charge in [0, 0.05) is 6.54 Å². The van der Waals surface area contributed by atoms with Crippen LogP contribution in [0.25, 0.3) is 0 Å². The lowest BCUT2D eigenvalue weighted by Gasteiger charge is -2.26. The number of aryl methyl sites for hydroxylation is 1. The van der Waals surface area contributed by atoms with Gasteiger partial charge in [0.05, 0.1) is 18.9 Å². The molecule has 1 aromatic rings. The molecule has 0 saturated heterocycles. The molecule has 1 aromatic carbocycles. The van der Waals surface area contributed by atoms with Gasteiger partial charge in [0.25, 0.3) is 0 Å². The Morgan fingerprint density at radius 2 is 2.05 bits per heavy atom. The Morgan fingerprint density at radius 1 is 1.40 bits per heavy atom. The monoisotopic (exact) mass is 280 g/mol. The number of hydrogen-bond acceptors (Lipinski definition) is 3. The molecule has 0 radical (unpaired) electrons. The van der Waals surface area contributed by atoms with E-state index in [4.69, 9.17) is 4.74 Å². The minimum Gasteiger partial charge on any atom is -0.495 e. The average molecular weight is 280 g/mol. The van der Waals surface area contributed by atoms with Crippen molar-refractivity contribution in [3.63, 3.8) is 0 Å². The summed E-state index contributed by atoms with van der Waals surface area (Å²) in [5, 5.41) is 15.3. The minimum atomic E-state index is -0.604. The summed E-state index contributed by atoms with van der Waals surface area (Å²) in [6, 6.07) is 5.18. The van der Waals surface area contributed by atoms with Crippen molar-refractivity contribution in [2.24, 2.45) is 5.41 Å². The molecule has 1 atom stereocenters. The van der Waals surface area contributed by atoms with Gasteiger partial charge < -0.3 is 20.5 Å². The molecule has 1 unspecified atom stereocenters. The van der Waals surface area contributed by atoms with Crippen LogP contribution in [-0.4, -0.2) is 30.9 Å². The van der Waals surface area contributed by atoms with Gasteiger partial charge in [-0.25, -0.2) is 4.79 Å². The molecule has 0 spiro atoms. The number of hydrogen-bond donors (Lipinski definition) is 3. The zero-order valence-corrected chi connectivity index (χ0v) is 12.8. The number of amides is 2. The van der Waals surface area contributed by atoms with Crippen molar-refractivity contribution >= 4 is 11.7 Å². The number of nitrogens with one attached hydrogen (secondary N) is 2. The van der Waals surface area contributed by atoms with E-state index in [1.54, 1.807) is 13.2 Å². The largest absolute Gasteiger partial charge is 0.495 e. The van der Waals surface area contributed by atoms with Crippen LogP contribution in [0.5, 0.6) is 5.75 Å². The van der Waals surface area contributed by atoms with E-state index in [1.165, 1.54) is 0 Å². The third-order valence-corrected chi connectivity index (χ3v) is 3.06. The van der Waals surface area contributed by atoms with Gasteiger partial charge in [-0.3, -0.25) is 0 Å². The molecule has 112 valence electrons. The SMILES string of the molecule is COc1ccc(C)cc1NC(=O)NCC(O)C(C)(C)C. The van der Waals surface area contributed by atoms with Gasteiger partial charge in [0.15, 0.2) is 0 Å². The van der Waals surface area contributed by atoms with E-state index < -0.39 is 6.10 Å². The number of rotatable bonds is 4. The van der Waals surface area contributed by atoms with Crippen molar-refractivity contribution in [3.05, 3.63) is 23.8 Å². The van der Waals surface area contributed by atoms with Gasteiger partial charge in [0.1, 0.15) is 5.75 Å². The number of carbonyl (C=O) groups excluding carboxylic acids is 1. The summed E-state index contributed by atoms with van der Waals surface area (Å²) in [5.74, 6) is 0.599. The Bertz CT molecular complexity index is 467. The van der Waals surface area contributed by atoms with E-state index in [2.05, 4.69) is 10.6 Å². The average Bonchev–Trinajstić information content (AvgIpc) is 2.35. The summed E-state index contributed by atoms with van der Waals surface area (Å²) >= 11 is 0. The van der Waals surface area contributed by atoms with Crippen LogP contribution in [0.3, 0.4) is 0 Å². The molecule has 5 heteroatoms. The fourth-order valence-corrected chi connectivity index (χ4v) is 1.58. The first-order valence-corrected chi connectivity index (χ1v) is 6.61. The summed E-state index contributed by atoms with van der Waals surface area (Å²) in [5.41, 5.74) is 1.36. The molecule has 0 saturated carbocycles. The highest BCUT2D eigenvalue weighted by molar-refractivity contribution is 5.91. The minimum absolute atomic E-state index is 0.198. The van der Waals surface area contributed by atoms with E-state index in [0.717, 1.165) is 5.56 Å². The number of aliphatic hydroxyl groups excluding tert-OH is 1. The van der Waals surface area contributed by atoms with Crippen LogP contribution in [0.15, 0.2) is 18.2 Å². The Balaban J connectivity index is 2.61. The van der Waals surface area contributed by atoms with Crippen molar-refractivity contribution in [1.29, 1.82) is 0 Å². The van der Waals surface area contributed by atoms with Gasteiger partial charge in [-0.2, -0.15) is 0 Å². The molecule has 20 heavy (non-hydrogen) atoms. The Morgan fingerprint density at radius 3 is 2.60 bits per heavy atom. The maximum Gasteiger partial charge on any atom is 0.319 e. The van der Waals surface area contributed by atoms with Gasteiger partial charge in [-0.1, -0.05) is 26.8 Å². The predicted molar refractivity (Wildman–Crippen MR) is 80.2 cm³/mol. The summed E-state index contributed by atoms with van der Waals surface area (Å²) in [7, 11) is 1.55. The Labute approximate surface area is 120 Å². The standard InChI is InChI=1S/C15H24N2O3/c1-10-6-7-12(20-5)11(8-10)17-14(19)16-9-13(18)15(2,3)4/h6-8,13,18H,9H2,1-5H3,(H2,16,17,19). The lowest BCUT2D eigenvalue weighted by molar-refractivity contribution is 0.0654. The normalized spacial score (nSPS) is 12.7. The van der Waals surface area contributed by atoms with Crippen LogP contribution in [-0.2, 0) is 0 Å². The smallest absolute Gasteiger partial charge is 0.319 e. The molecule has 3 N–H and O–H groups in total. The zero-order chi connectivity index (χ0) is 15.3. The van der Waals surface area contributed by atoms with E-state index >= 15 is 0 Å². The molecular weight excluding hydrogens is 256 g/mol. The Hall–Kier alpha value is -1.75. The molecule has 0 aromatic heterocycles. The van der Waals surface area contributed by atoms with E-state index in [9.17, 15) is 9.90 Å². The molecule has 0 aliphatic rings. The van der Waals surface area contributed by atoms with Crippen LogP contribution in [0.2, 0.25) is 0 Å². The van der Waals surface area contributed by atoms with Crippen molar-refractivity contribution < 1.29 is 14.6 Å². The van der Waals surface area contributed by atoms with Gasteiger partial charge >= 0.3 is 6.03 Å². The summed E-state index contributed by atoms with van der Waals surface area (Å²) in [6.45, 7) is 7.89. The number of carbonyl (C=O) groups is 1. The highest BCUT2D eigenvalue weighted by Gasteiger charge is 2.22. The summed E-state index contributed by atoms with van der Waals surface area (Å²) in [6.07, 6.45) is -0.604. The molecule has 1 rings (SSSR count). The fraction of sp³-hybridized carbons (Fsp3) is 0.533. The van der Waals surface area contributed by atoms with Crippen LogP contribution >= 0.6 is 0 Å². The summed E-state index contributed by atoms with van der Waals surface area (Å²) in [4.78, 5) is 11.8. The zero-order valence-electron chi connectivity index (χ0n) is 12.8. The van der Waals surface area contributed by atoms with E-state index in [0.29, 0.717) is 11.4 Å². The lowest BCUT2D eigenvalue weighted by atomic mass is 9.89. The molecule has 0 aliphatic heterocycles. The van der Waals surface area contributed by atoms with Crippen molar-refractivity contribution in [2.45, 2.75) is 33.8 Å². The molecule has 5 nitrogen and oxygen atoms in total. The number of benzene rings is 1. The van der Waals surface area contributed by atoms with Crippen LogP contribution in [0, 0.1) is 12.3 Å². The predicted octanol–water partition coefficient (Wildman–Crippen LogP) is 2.53. The summed E-state index contributed by atoms with van der Waals surface area (Å²) < 4.78 is 5.19. The first kappa shape index (κ1) is 16.3. The van der Waals surface area contributed by atoms with Gasteiger partial charge in [-0.05, 0) is 30.0 Å². The molecule has 0 bridgehead atoms. The quantitative estimate of drug-likeness (QED) is 0.793. The van der Waals surface area contributed by atoms with Crippen molar-refractivity contribution in [2.75, 3.05) is 19.0 Å². The fourth-order valence-electron chi connectivity index (χ4n) is 1.58. The maximum atomic E-state index is 11.8. The number of ether oxygens (including phenoxy) is 1. The maximum absolute atomic E-state index is 11.8. The molecule has 0 fully saturated rings. The van der Waals surface area contributed by atoms with Crippen LogP contribution in [0.1, 0.15) is 26.3 Å². The number of urea groups is 1. The molecular formula is C15H24N2O3. The first-order chi connectivity index (χ1) is 9.24. The molecule has 0 aliphatic carbocycles. The lowest BCUT2D eigenvalue weighted by Crippen LogP contribution is -2.40. The van der Waals surface area contributed by atoms with Gasteiger partial charge in [0.2, 0.25) is 0 Å². The number of anilines is 1. The third kappa shape index (κ3) is 4.74. The van der Waals surface area contributed by atoms with Crippen LogP contribution < -0.4 is 15.4 Å². The van der Waals surface area contributed by atoms with Gasteiger partial charge in [-0.15, -0.1) is 0 Å². The molecule has 0 heterocycles.